The molecule has 1 spiro atoms. The summed E-state index contributed by atoms with van der Waals surface area (Å²) in [7, 11) is 8.74. The van der Waals surface area contributed by atoms with Gasteiger partial charge in [0.2, 0.25) is 70.9 Å². The molecule has 0 radical (unpaired) electrons. The molecule has 0 aromatic carbocycles. The van der Waals surface area contributed by atoms with Crippen molar-refractivity contribution >= 4 is 82.5 Å². The lowest BCUT2D eigenvalue weighted by molar-refractivity contribution is -0.182. The van der Waals surface area contributed by atoms with Gasteiger partial charge in [-0.2, -0.15) is 13.2 Å². The minimum Gasteiger partial charge on any atom is -0.378 e. The van der Waals surface area contributed by atoms with Crippen molar-refractivity contribution in [2.75, 3.05) is 101 Å². The molecule has 8 rings (SSSR count). The van der Waals surface area contributed by atoms with Crippen molar-refractivity contribution < 1.29 is 75.4 Å². The second kappa shape index (κ2) is 39.0. The number of hydrogen-bond acceptors (Lipinski definition) is 13. The van der Waals surface area contributed by atoms with Gasteiger partial charge in [-0.05, 0) is 138 Å². The summed E-state index contributed by atoms with van der Waals surface area (Å²) in [6, 6.07) is -8.62. The molecule has 11 atom stereocenters. The molecule has 29 heteroatoms. The van der Waals surface area contributed by atoms with E-state index in [1.165, 1.54) is 81.5 Å². The number of amides is 12. The maximum Gasteiger partial charge on any atom is 0.393 e. The molecule has 0 bridgehead atoms. The molecule has 0 aromatic heterocycles. The second-order valence-electron chi connectivity index (χ2n) is 33.6. The van der Waals surface area contributed by atoms with E-state index in [1.807, 2.05) is 20.8 Å². The number of morpholine rings is 1. The average molecular weight is 1530 g/mol. The molecule has 5 aliphatic carbocycles. The fourth-order valence-corrected chi connectivity index (χ4v) is 18.8. The van der Waals surface area contributed by atoms with E-state index in [9.17, 15) is 27.6 Å². The topological polar surface area (TPSA) is 279 Å². The van der Waals surface area contributed by atoms with Crippen LogP contribution in [0.2, 0.25) is 0 Å². The lowest BCUT2D eigenvalue weighted by Crippen LogP contribution is -2.65. The molecule has 0 aromatic rings. The van der Waals surface area contributed by atoms with E-state index in [0.29, 0.717) is 44.4 Å². The van der Waals surface area contributed by atoms with Gasteiger partial charge in [0.25, 0.3) is 0 Å². The van der Waals surface area contributed by atoms with Crippen molar-refractivity contribution in [2.45, 2.75) is 274 Å². The van der Waals surface area contributed by atoms with Crippen LogP contribution in [0.5, 0.6) is 0 Å². The number of carbonyl (C=O) groups is 12. The first-order chi connectivity index (χ1) is 50.6. The molecule has 8 fully saturated rings. The number of hydrogen-bond donors (Lipinski definition) is 3. The van der Waals surface area contributed by atoms with Crippen LogP contribution in [-0.4, -0.2) is 276 Å². The zero-order valence-corrected chi connectivity index (χ0v) is 66.5. The van der Waals surface area contributed by atoms with Gasteiger partial charge in [0.15, 0.2) is 0 Å². The van der Waals surface area contributed by atoms with E-state index in [1.54, 1.807) is 11.8 Å². The van der Waals surface area contributed by atoms with Crippen LogP contribution >= 0.6 is 11.6 Å². The number of fused-ring (bicyclic) bond motifs is 1. The van der Waals surface area contributed by atoms with Crippen molar-refractivity contribution in [3.05, 3.63) is 0 Å². The fourth-order valence-electron chi connectivity index (χ4n) is 18.3. The van der Waals surface area contributed by atoms with E-state index in [-0.39, 0.29) is 127 Å². The highest BCUT2D eigenvalue weighted by atomic mass is 35.5. The highest BCUT2D eigenvalue weighted by Gasteiger charge is 2.53. The standard InChI is InChI=1S/C78H126ClF3N12O13/c1-12-51(5)67-74(104)88(8)47-65(97)86(6)48-66(98)94(45-54-21-14-13-15-22-54)62(43-53-28-26-50(4)27-29-53)72(102)87(7)46-63(95)83-58(33-31-52-30-32-56(57(79)42-52)78(80,81)82)71(101)93-36-20-25-59(93)70(100)85-77(34-18-19-35-77)76(106)91(11)68(55-23-16-17-24-55)75(105)90(10)61(73(103)92-37-39-107-40-38-92)44-64(96)89(9)60(41-49(2)3)69(99)84-67/h49-62,67-68H,12-48H2,1-11H3,(H,83,95)(H,84,99)(H,85,100)/t50?,51-,52?,53?,56?,57?,58-,59-,60-,61-,62-,67-,68-/m0/s1. The summed E-state index contributed by atoms with van der Waals surface area (Å²) in [4.78, 5) is 195. The second-order valence-corrected chi connectivity index (χ2v) is 34.2. The van der Waals surface area contributed by atoms with Crippen LogP contribution in [-0.2, 0) is 62.3 Å². The third kappa shape index (κ3) is 22.3. The Morgan fingerprint density at radius 2 is 1.22 bits per heavy atom. The normalized spacial score (nSPS) is 31.1. The van der Waals surface area contributed by atoms with Crippen LogP contribution in [0.3, 0.4) is 0 Å². The van der Waals surface area contributed by atoms with E-state index >= 15 is 43.2 Å². The number of rotatable bonds is 13. The minimum absolute atomic E-state index is 0.00171. The van der Waals surface area contributed by atoms with E-state index in [2.05, 4.69) is 22.9 Å². The van der Waals surface area contributed by atoms with Gasteiger partial charge in [-0.1, -0.05) is 112 Å². The quantitative estimate of drug-likeness (QED) is 0.155. The first-order valence-corrected chi connectivity index (χ1v) is 40.7. The summed E-state index contributed by atoms with van der Waals surface area (Å²) in [5.74, 6) is -10.0. The number of likely N-dealkylation sites (N-methyl/N-ethyl adjacent to an activating group) is 6. The summed E-state index contributed by atoms with van der Waals surface area (Å²) in [5.41, 5.74) is -1.56. The van der Waals surface area contributed by atoms with Crippen LogP contribution in [0.15, 0.2) is 0 Å². The summed E-state index contributed by atoms with van der Waals surface area (Å²) in [6.07, 6.45) is 8.09. The predicted octanol–water partition coefficient (Wildman–Crippen LogP) is 7.14. The number of alkyl halides is 4. The van der Waals surface area contributed by atoms with Crippen molar-refractivity contribution in [3.8, 4) is 0 Å². The van der Waals surface area contributed by atoms with Gasteiger partial charge in [-0.3, -0.25) is 57.5 Å². The fraction of sp³-hybridized carbons (Fsp3) is 0.846. The molecule has 3 saturated heterocycles. The van der Waals surface area contributed by atoms with Gasteiger partial charge in [0, 0.05) is 73.8 Å². The molecular formula is C78H126ClF3N12O13. The van der Waals surface area contributed by atoms with Gasteiger partial charge < -0.3 is 64.8 Å². The number of ether oxygens (including phenoxy) is 1. The van der Waals surface area contributed by atoms with Crippen molar-refractivity contribution in [2.24, 2.45) is 47.3 Å². The molecular weight excluding hydrogens is 1410 g/mol. The summed E-state index contributed by atoms with van der Waals surface area (Å²) >= 11 is 6.46. The van der Waals surface area contributed by atoms with Gasteiger partial charge in [0.1, 0.15) is 47.8 Å². The Morgan fingerprint density at radius 3 is 1.84 bits per heavy atom. The smallest absolute Gasteiger partial charge is 0.378 e. The summed E-state index contributed by atoms with van der Waals surface area (Å²) in [6.45, 7) is 8.97. The van der Waals surface area contributed by atoms with Gasteiger partial charge in [0.05, 0.1) is 45.2 Å². The SMILES string of the molecule is CC[C@H](C)[C@@H]1NC(=O)[C@H](CC(C)C)N(C)C(=O)C[C@@H](C(=O)N2CCOCC2)N(C)C(=O)[C@H](C2CCCC2)N(C)C(=O)C2(CCCC2)NC(=O)[C@@H]2CCCN2C(=O)[C@H](CCC2CCC(C(F)(F)F)C(Cl)C2)NC(=O)CN(C)C(=O)[C@H](CC2CCC(C)CC2)N(CC2CCCCC2)C(=O)CN(C)C(=O)CN(C)C1=O. The largest absolute Gasteiger partial charge is 0.393 e. The average Bonchev–Trinajstić information content (AvgIpc) is 1.74. The zero-order valence-electron chi connectivity index (χ0n) is 65.7. The number of halogens is 4. The van der Waals surface area contributed by atoms with Crippen molar-refractivity contribution in [1.29, 1.82) is 0 Å². The Kier molecular flexibility index (Phi) is 31.5. The Labute approximate surface area is 637 Å². The Bertz CT molecular complexity index is 3100. The molecule has 3 aliphatic heterocycles. The number of nitrogens with one attached hydrogen (secondary N) is 3. The molecule has 5 saturated carbocycles. The van der Waals surface area contributed by atoms with Crippen LogP contribution in [0.4, 0.5) is 13.2 Å². The highest BCUT2D eigenvalue weighted by Crippen LogP contribution is 2.44. The molecule has 8 aliphatic rings. The Balaban J connectivity index is 1.19. The van der Waals surface area contributed by atoms with E-state index in [4.69, 9.17) is 16.3 Å². The van der Waals surface area contributed by atoms with E-state index in [0.717, 1.165) is 70.6 Å². The third-order valence-corrected chi connectivity index (χ3v) is 25.8. The molecule has 3 unspecified atom stereocenters. The van der Waals surface area contributed by atoms with Crippen LogP contribution < -0.4 is 16.0 Å². The predicted molar refractivity (Wildman–Crippen MR) is 397 cm³/mol. The van der Waals surface area contributed by atoms with Gasteiger partial charge in [-0.25, -0.2) is 0 Å². The van der Waals surface area contributed by atoms with Crippen LogP contribution in [0, 0.1) is 47.3 Å². The molecule has 107 heavy (non-hydrogen) atoms. The lowest BCUT2D eigenvalue weighted by atomic mass is 9.78. The zero-order chi connectivity index (χ0) is 78.4. The van der Waals surface area contributed by atoms with Crippen molar-refractivity contribution in [1.82, 2.24) is 60.0 Å². The van der Waals surface area contributed by atoms with E-state index < -0.39 is 174 Å². The minimum atomic E-state index is -4.51. The van der Waals surface area contributed by atoms with Gasteiger partial charge in [-0.15, -0.1) is 11.6 Å². The summed E-state index contributed by atoms with van der Waals surface area (Å²) < 4.78 is 48.0. The maximum absolute atomic E-state index is 15.8. The lowest BCUT2D eigenvalue weighted by Gasteiger charge is -2.42. The van der Waals surface area contributed by atoms with Crippen LogP contribution in [0.25, 0.3) is 0 Å². The van der Waals surface area contributed by atoms with Crippen LogP contribution in [0.1, 0.15) is 214 Å². The third-order valence-electron chi connectivity index (χ3n) is 25.3. The maximum atomic E-state index is 15.8. The number of nitrogens with zero attached hydrogens (tertiary/aromatic N) is 9. The molecule has 25 nitrogen and oxygen atoms in total. The molecule has 3 heterocycles. The highest BCUT2D eigenvalue weighted by molar-refractivity contribution is 6.21. The summed E-state index contributed by atoms with van der Waals surface area (Å²) in [5, 5.41) is 7.73. The molecule has 12 amide bonds. The first kappa shape index (κ1) is 86.3. The molecule has 604 valence electrons. The monoisotopic (exact) mass is 1530 g/mol. The first-order valence-electron chi connectivity index (χ1n) is 40.3. The Morgan fingerprint density at radius 1 is 0.607 bits per heavy atom. The van der Waals surface area contributed by atoms with Crippen molar-refractivity contribution in [3.63, 3.8) is 0 Å². The Hall–Kier alpha value is -6.32. The number of carbonyl (C=O) groups excluding carboxylic acids is 12. The molecule has 3 N–H and O–H groups in total. The van der Waals surface area contributed by atoms with Gasteiger partial charge >= 0.3 is 6.18 Å².